The zero-order valence-electron chi connectivity index (χ0n) is 25.0. The number of carbonyl (C=O) groups excluding carboxylic acids is 1. The quantitative estimate of drug-likeness (QED) is 0.0751. The maximum absolute atomic E-state index is 12.1. The van der Waals surface area contributed by atoms with Crippen molar-refractivity contribution in [1.29, 1.82) is 0 Å². The monoisotopic (exact) mass is 559 g/mol. The Hall–Kier alpha value is -3.32. The summed E-state index contributed by atoms with van der Waals surface area (Å²) in [6, 6.07) is 3.72. The first-order valence-corrected chi connectivity index (χ1v) is 14.6. The van der Waals surface area contributed by atoms with Crippen LogP contribution in [0.3, 0.4) is 0 Å². The maximum atomic E-state index is 12.1. The molecule has 0 fully saturated rings. The lowest BCUT2D eigenvalue weighted by Gasteiger charge is -2.12. The van der Waals surface area contributed by atoms with E-state index in [1.54, 1.807) is 17.8 Å². The Morgan fingerprint density at radius 2 is 1.85 bits per heavy atom. The van der Waals surface area contributed by atoms with Crippen LogP contribution in [-0.2, 0) is 16.0 Å². The summed E-state index contributed by atoms with van der Waals surface area (Å²) in [7, 11) is 0.721. The number of ether oxygens (including phenoxy) is 1. The van der Waals surface area contributed by atoms with Gasteiger partial charge in [0, 0.05) is 6.42 Å². The second-order valence-electron chi connectivity index (χ2n) is 9.96. The molecule has 214 valence electrons. The summed E-state index contributed by atoms with van der Waals surface area (Å²) in [4.78, 5) is 14.3. The number of carbonyl (C=O) groups is 1. The molecule has 0 aliphatic heterocycles. The predicted octanol–water partition coefficient (Wildman–Crippen LogP) is 8.54. The van der Waals surface area contributed by atoms with E-state index in [1.807, 2.05) is 51.1 Å². The molecule has 0 atom stereocenters. The van der Waals surface area contributed by atoms with E-state index in [-0.39, 0.29) is 5.91 Å². The SMILES string of the molecule is C=C(BC(=C)SC(=C)CCCCc1ccc(NC(=O)C/C(C)=C/C=C\C)nn1)CC(=C)/C=C(/OCCC)C(=C)C. The van der Waals surface area contributed by atoms with Crippen LogP contribution in [0.4, 0.5) is 5.82 Å². The summed E-state index contributed by atoms with van der Waals surface area (Å²) in [5.74, 6) is 1.16. The van der Waals surface area contributed by atoms with Gasteiger partial charge in [-0.3, -0.25) is 4.79 Å². The normalized spacial score (nSPS) is 11.7. The van der Waals surface area contributed by atoms with Gasteiger partial charge in [0.15, 0.2) is 13.1 Å². The number of anilines is 1. The standard InChI is InChI=1S/C33H46BN3O2S/c1-10-12-15-25(5)23-33(38)35-32-19-18-30(36-37-32)17-14-13-16-28(8)40-29(9)34-27(7)21-26(6)22-31(24(3)4)39-20-11-2/h10,12,15,18-19,22,34H,3,6-9,11,13-14,16-17,20-21,23H2,1-2,4-5H3,(H,35,37,38)/b12-10-,25-15+,31-22+. The van der Waals surface area contributed by atoms with Crippen LogP contribution >= 0.6 is 11.8 Å². The Morgan fingerprint density at radius 3 is 2.48 bits per heavy atom. The lowest BCUT2D eigenvalue weighted by atomic mass is 9.68. The molecule has 0 unspecified atom stereocenters. The molecule has 40 heavy (non-hydrogen) atoms. The molecule has 1 aromatic heterocycles. The topological polar surface area (TPSA) is 64.1 Å². The third-order valence-electron chi connectivity index (χ3n) is 5.57. The highest BCUT2D eigenvalue weighted by molar-refractivity contribution is 8.08. The van der Waals surface area contributed by atoms with Crippen LogP contribution in [0.2, 0.25) is 0 Å². The van der Waals surface area contributed by atoms with E-state index in [0.717, 1.165) is 82.7 Å². The van der Waals surface area contributed by atoms with Crippen molar-refractivity contribution in [3.63, 3.8) is 0 Å². The molecule has 1 amide bonds. The van der Waals surface area contributed by atoms with Gasteiger partial charge in [-0.2, -0.15) is 5.10 Å². The van der Waals surface area contributed by atoms with E-state index in [2.05, 4.69) is 55.3 Å². The minimum Gasteiger partial charge on any atom is -0.493 e. The summed E-state index contributed by atoms with van der Waals surface area (Å²) in [6.07, 6.45) is 13.4. The average molecular weight is 560 g/mol. The largest absolute Gasteiger partial charge is 0.493 e. The fraction of sp³-hybridized carbons (Fsp3) is 0.364. The zero-order valence-corrected chi connectivity index (χ0v) is 25.8. The summed E-state index contributed by atoms with van der Waals surface area (Å²) in [5, 5.41) is 11.2. The second kappa shape index (κ2) is 19.7. The summed E-state index contributed by atoms with van der Waals surface area (Å²) in [6.45, 7) is 29.3. The average Bonchev–Trinajstić information content (AvgIpc) is 2.88. The molecule has 0 aliphatic carbocycles. The predicted molar refractivity (Wildman–Crippen MR) is 176 cm³/mol. The van der Waals surface area contributed by atoms with Crippen molar-refractivity contribution in [3.8, 4) is 0 Å². The minimum atomic E-state index is -0.0998. The molecule has 0 radical (unpaired) electrons. The van der Waals surface area contributed by atoms with Crippen LogP contribution in [0.5, 0.6) is 0 Å². The van der Waals surface area contributed by atoms with Crippen LogP contribution in [-0.4, -0.2) is 30.0 Å². The van der Waals surface area contributed by atoms with Gasteiger partial charge in [-0.25, -0.2) is 0 Å². The molecule has 0 aromatic carbocycles. The Bertz CT molecular complexity index is 1150. The van der Waals surface area contributed by atoms with E-state index >= 15 is 0 Å². The van der Waals surface area contributed by atoms with Crippen molar-refractivity contribution >= 4 is 30.8 Å². The Morgan fingerprint density at radius 1 is 1.10 bits per heavy atom. The zero-order chi connectivity index (χ0) is 29.9. The molecule has 7 heteroatoms. The van der Waals surface area contributed by atoms with Gasteiger partial charge in [-0.05, 0) is 93.6 Å². The van der Waals surface area contributed by atoms with E-state index < -0.39 is 0 Å². The molecule has 0 bridgehead atoms. The van der Waals surface area contributed by atoms with E-state index in [0.29, 0.717) is 25.3 Å². The smallest absolute Gasteiger partial charge is 0.229 e. The van der Waals surface area contributed by atoms with Crippen LogP contribution in [0.25, 0.3) is 0 Å². The molecule has 5 nitrogen and oxygen atoms in total. The summed E-state index contributed by atoms with van der Waals surface area (Å²) in [5.41, 5.74) is 4.79. The van der Waals surface area contributed by atoms with Gasteiger partial charge in [0.1, 0.15) is 5.76 Å². The first kappa shape index (κ1) is 34.7. The van der Waals surface area contributed by atoms with Gasteiger partial charge >= 0.3 is 0 Å². The second-order valence-corrected chi connectivity index (χ2v) is 11.3. The van der Waals surface area contributed by atoms with E-state index in [4.69, 9.17) is 4.74 Å². The highest BCUT2D eigenvalue weighted by Crippen LogP contribution is 2.28. The van der Waals surface area contributed by atoms with Crippen molar-refractivity contribution in [1.82, 2.24) is 10.2 Å². The number of unbranched alkanes of at least 4 members (excludes halogenated alkanes) is 1. The molecule has 0 aliphatic rings. The number of hydrogen-bond acceptors (Lipinski definition) is 5. The van der Waals surface area contributed by atoms with Crippen LogP contribution < -0.4 is 5.32 Å². The van der Waals surface area contributed by atoms with Crippen molar-refractivity contribution in [2.24, 2.45) is 0 Å². The van der Waals surface area contributed by atoms with Crippen molar-refractivity contribution in [2.75, 3.05) is 11.9 Å². The fourth-order valence-electron chi connectivity index (χ4n) is 3.64. The maximum Gasteiger partial charge on any atom is 0.229 e. The van der Waals surface area contributed by atoms with Gasteiger partial charge < -0.3 is 10.1 Å². The summed E-state index contributed by atoms with van der Waals surface area (Å²) >= 11 is 1.64. The highest BCUT2D eigenvalue weighted by Gasteiger charge is 2.08. The molecule has 0 saturated heterocycles. The van der Waals surface area contributed by atoms with Gasteiger partial charge in [-0.1, -0.05) is 61.8 Å². The molecular weight excluding hydrogens is 513 g/mol. The summed E-state index contributed by atoms with van der Waals surface area (Å²) < 4.78 is 5.77. The minimum absolute atomic E-state index is 0.0998. The number of aryl methyl sites for hydroxylation is 1. The number of nitrogens with zero attached hydrogens (tertiary/aromatic N) is 2. The molecule has 1 rings (SSSR count). The Kier molecular flexibility index (Phi) is 17.1. The molecule has 0 saturated carbocycles. The first-order valence-electron chi connectivity index (χ1n) is 13.8. The van der Waals surface area contributed by atoms with Gasteiger partial charge in [0.25, 0.3) is 0 Å². The number of nitrogens with one attached hydrogen (secondary N) is 1. The lowest BCUT2D eigenvalue weighted by Crippen LogP contribution is -2.13. The first-order chi connectivity index (χ1) is 19.0. The number of thioether (sulfide) groups is 1. The van der Waals surface area contributed by atoms with Gasteiger partial charge in [0.05, 0.1) is 12.3 Å². The van der Waals surface area contributed by atoms with Crippen LogP contribution in [0.15, 0.2) is 107 Å². The van der Waals surface area contributed by atoms with Crippen molar-refractivity contribution in [3.05, 3.63) is 113 Å². The molecule has 1 N–H and O–H groups in total. The van der Waals surface area contributed by atoms with Gasteiger partial charge in [-0.15, -0.1) is 28.9 Å². The van der Waals surface area contributed by atoms with Crippen LogP contribution in [0, 0.1) is 0 Å². The number of hydrogen-bond donors (Lipinski definition) is 1. The van der Waals surface area contributed by atoms with Crippen molar-refractivity contribution in [2.45, 2.75) is 72.6 Å². The third kappa shape index (κ3) is 15.9. The lowest BCUT2D eigenvalue weighted by molar-refractivity contribution is -0.115. The number of allylic oxidation sites excluding steroid dienone is 8. The Balaban J connectivity index is 2.35. The molecule has 1 aromatic rings. The molecule has 0 spiro atoms. The molecule has 1 heterocycles. The highest BCUT2D eigenvalue weighted by atomic mass is 32.2. The van der Waals surface area contributed by atoms with Crippen LogP contribution in [0.1, 0.15) is 71.9 Å². The van der Waals surface area contributed by atoms with Crippen molar-refractivity contribution < 1.29 is 9.53 Å². The Labute approximate surface area is 247 Å². The fourth-order valence-corrected chi connectivity index (χ4v) is 4.57. The number of amides is 1. The van der Waals surface area contributed by atoms with E-state index in [1.165, 1.54) is 0 Å². The number of aromatic nitrogens is 2. The van der Waals surface area contributed by atoms with Gasteiger partial charge in [0.2, 0.25) is 5.91 Å². The third-order valence-corrected chi connectivity index (χ3v) is 6.49. The van der Waals surface area contributed by atoms with E-state index in [9.17, 15) is 4.79 Å². The molecular formula is C33H46BN3O2S. The number of rotatable bonds is 20.